The van der Waals surface area contributed by atoms with E-state index >= 15 is 0 Å². The molecule has 0 atom stereocenters. The molecule has 0 spiro atoms. The van der Waals surface area contributed by atoms with Gasteiger partial charge in [-0.15, -0.1) is 0 Å². The van der Waals surface area contributed by atoms with Gasteiger partial charge in [0.2, 0.25) is 0 Å². The first-order chi connectivity index (χ1) is 9.90. The summed E-state index contributed by atoms with van der Waals surface area (Å²) in [7, 11) is 0. The molecule has 2 N–H and O–H groups in total. The third-order valence-corrected chi connectivity index (χ3v) is 3.51. The van der Waals surface area contributed by atoms with E-state index in [1.165, 1.54) is 0 Å². The van der Waals surface area contributed by atoms with Crippen molar-refractivity contribution in [2.24, 2.45) is 0 Å². The Morgan fingerprint density at radius 1 is 1.10 bits per heavy atom. The Balaban J connectivity index is 2.29. The van der Waals surface area contributed by atoms with E-state index in [0.717, 1.165) is 16.7 Å². The van der Waals surface area contributed by atoms with Gasteiger partial charge in [0.15, 0.2) is 0 Å². The molecule has 4 nitrogen and oxygen atoms in total. The highest BCUT2D eigenvalue weighted by Gasteiger charge is 2.13. The van der Waals surface area contributed by atoms with E-state index in [-0.39, 0.29) is 17.9 Å². The lowest BCUT2D eigenvalue weighted by Crippen LogP contribution is -2.08. The van der Waals surface area contributed by atoms with Gasteiger partial charge in [0, 0.05) is 5.56 Å². The molecule has 0 saturated carbocycles. The van der Waals surface area contributed by atoms with E-state index in [1.54, 1.807) is 31.2 Å². The number of hydrogen-bond acceptors (Lipinski definition) is 3. The normalized spacial score (nSPS) is 10.4. The van der Waals surface area contributed by atoms with Crippen LogP contribution in [0.3, 0.4) is 0 Å². The smallest absolute Gasteiger partial charge is 0.336 e. The summed E-state index contributed by atoms with van der Waals surface area (Å²) in [5, 5.41) is 18.9. The minimum absolute atomic E-state index is 0.180. The number of aryl methyl sites for hydroxylation is 3. The monoisotopic (exact) mass is 286 g/mol. The molecule has 0 saturated heterocycles. The fourth-order valence-electron chi connectivity index (χ4n) is 2.17. The van der Waals surface area contributed by atoms with Crippen LogP contribution in [0, 0.1) is 20.8 Å². The van der Waals surface area contributed by atoms with Gasteiger partial charge in [0.1, 0.15) is 18.1 Å². The van der Waals surface area contributed by atoms with Gasteiger partial charge in [-0.25, -0.2) is 4.79 Å². The van der Waals surface area contributed by atoms with Crippen molar-refractivity contribution in [1.82, 2.24) is 0 Å². The van der Waals surface area contributed by atoms with Crippen LogP contribution in [0.25, 0.3) is 0 Å². The molecule has 0 aliphatic heterocycles. The molecule has 2 rings (SSSR count). The maximum Gasteiger partial charge on any atom is 0.336 e. The molecule has 110 valence electrons. The molecule has 0 bridgehead atoms. The molecule has 0 radical (unpaired) electrons. The van der Waals surface area contributed by atoms with Crippen LogP contribution < -0.4 is 4.74 Å². The molecule has 2 aromatic rings. The largest absolute Gasteiger partial charge is 0.508 e. The van der Waals surface area contributed by atoms with Crippen LogP contribution in [0.4, 0.5) is 0 Å². The molecule has 21 heavy (non-hydrogen) atoms. The van der Waals surface area contributed by atoms with Gasteiger partial charge in [0.25, 0.3) is 0 Å². The van der Waals surface area contributed by atoms with Crippen LogP contribution >= 0.6 is 0 Å². The van der Waals surface area contributed by atoms with Gasteiger partial charge in [-0.2, -0.15) is 0 Å². The topological polar surface area (TPSA) is 66.8 Å². The standard InChI is InChI=1S/C17H18O4/c1-10-5-4-6-13(17(19)20)14(10)9-21-16-8-11(2)15(18)7-12(16)3/h4-8,18H,9H2,1-3H3,(H,19,20). The minimum atomic E-state index is -0.962. The van der Waals surface area contributed by atoms with Gasteiger partial charge in [0.05, 0.1) is 5.56 Å². The maximum atomic E-state index is 11.3. The van der Waals surface area contributed by atoms with E-state index in [1.807, 2.05) is 19.9 Å². The lowest BCUT2D eigenvalue weighted by atomic mass is 10.0. The molecule has 0 aromatic heterocycles. The number of phenols is 1. The molecule has 4 heteroatoms. The van der Waals surface area contributed by atoms with Gasteiger partial charge < -0.3 is 14.9 Å². The number of hydrogen-bond donors (Lipinski definition) is 2. The van der Waals surface area contributed by atoms with Crippen molar-refractivity contribution in [3.8, 4) is 11.5 Å². The molecular formula is C17H18O4. The second-order valence-electron chi connectivity index (χ2n) is 5.10. The van der Waals surface area contributed by atoms with E-state index < -0.39 is 5.97 Å². The van der Waals surface area contributed by atoms with Crippen molar-refractivity contribution in [1.29, 1.82) is 0 Å². The van der Waals surface area contributed by atoms with Gasteiger partial charge in [-0.05, 0) is 55.7 Å². The van der Waals surface area contributed by atoms with Crippen molar-refractivity contribution >= 4 is 5.97 Å². The minimum Gasteiger partial charge on any atom is -0.508 e. The van der Waals surface area contributed by atoms with Crippen molar-refractivity contribution in [2.75, 3.05) is 0 Å². The van der Waals surface area contributed by atoms with E-state index in [0.29, 0.717) is 11.3 Å². The van der Waals surface area contributed by atoms with E-state index in [9.17, 15) is 15.0 Å². The van der Waals surface area contributed by atoms with Crippen LogP contribution in [0.1, 0.15) is 32.6 Å². The number of phenolic OH excluding ortho intramolecular Hbond substituents is 1. The first-order valence-corrected chi connectivity index (χ1v) is 6.65. The van der Waals surface area contributed by atoms with E-state index in [4.69, 9.17) is 4.74 Å². The first-order valence-electron chi connectivity index (χ1n) is 6.65. The van der Waals surface area contributed by atoms with Crippen molar-refractivity contribution in [2.45, 2.75) is 27.4 Å². The summed E-state index contributed by atoms with van der Waals surface area (Å²) in [6.45, 7) is 5.67. The Morgan fingerprint density at radius 2 is 1.81 bits per heavy atom. The van der Waals surface area contributed by atoms with Gasteiger partial charge in [-0.1, -0.05) is 12.1 Å². The average molecular weight is 286 g/mol. The summed E-state index contributed by atoms with van der Waals surface area (Å²) in [6, 6.07) is 8.55. The fraction of sp³-hybridized carbons (Fsp3) is 0.235. The number of aromatic carboxylic acids is 1. The third-order valence-electron chi connectivity index (χ3n) is 3.51. The van der Waals surface area contributed by atoms with Crippen molar-refractivity contribution in [3.63, 3.8) is 0 Å². The Labute approximate surface area is 123 Å². The summed E-state index contributed by atoms with van der Waals surface area (Å²) < 4.78 is 5.76. The molecule has 0 amide bonds. The number of carbonyl (C=O) groups is 1. The molecule has 0 fully saturated rings. The van der Waals surface area contributed by atoms with Crippen LogP contribution in [-0.4, -0.2) is 16.2 Å². The van der Waals surface area contributed by atoms with Crippen LogP contribution in [-0.2, 0) is 6.61 Å². The Bertz CT molecular complexity index is 689. The number of carboxylic acids is 1. The zero-order chi connectivity index (χ0) is 15.6. The number of rotatable bonds is 4. The predicted octanol–water partition coefficient (Wildman–Crippen LogP) is 3.59. The second kappa shape index (κ2) is 5.87. The van der Waals surface area contributed by atoms with Crippen LogP contribution in [0.15, 0.2) is 30.3 Å². The molecule has 0 heterocycles. The summed E-state index contributed by atoms with van der Waals surface area (Å²) in [6.07, 6.45) is 0. The molecule has 0 unspecified atom stereocenters. The summed E-state index contributed by atoms with van der Waals surface area (Å²) in [5.41, 5.74) is 3.32. The molecule has 2 aromatic carbocycles. The highest BCUT2D eigenvalue weighted by molar-refractivity contribution is 5.89. The summed E-state index contributed by atoms with van der Waals surface area (Å²) in [5.74, 6) is -0.0947. The molecule has 0 aliphatic rings. The summed E-state index contributed by atoms with van der Waals surface area (Å²) >= 11 is 0. The number of ether oxygens (including phenoxy) is 1. The molecular weight excluding hydrogens is 268 g/mol. The molecule has 0 aliphatic carbocycles. The fourth-order valence-corrected chi connectivity index (χ4v) is 2.17. The zero-order valence-electron chi connectivity index (χ0n) is 12.3. The predicted molar refractivity (Wildman–Crippen MR) is 80.1 cm³/mol. The number of carboxylic acid groups (broad SMARTS) is 1. The summed E-state index contributed by atoms with van der Waals surface area (Å²) in [4.78, 5) is 11.3. The highest BCUT2D eigenvalue weighted by Crippen LogP contribution is 2.28. The van der Waals surface area contributed by atoms with Crippen LogP contribution in [0.5, 0.6) is 11.5 Å². The van der Waals surface area contributed by atoms with Crippen LogP contribution in [0.2, 0.25) is 0 Å². The quantitative estimate of drug-likeness (QED) is 0.901. The highest BCUT2D eigenvalue weighted by atomic mass is 16.5. The van der Waals surface area contributed by atoms with Gasteiger partial charge >= 0.3 is 5.97 Å². The zero-order valence-corrected chi connectivity index (χ0v) is 12.3. The Morgan fingerprint density at radius 3 is 2.48 bits per heavy atom. The number of aromatic hydroxyl groups is 1. The SMILES string of the molecule is Cc1cc(OCc2c(C)cccc2C(=O)O)c(C)cc1O. The average Bonchev–Trinajstić information content (AvgIpc) is 2.42. The number of benzene rings is 2. The van der Waals surface area contributed by atoms with E-state index in [2.05, 4.69) is 0 Å². The lowest BCUT2D eigenvalue weighted by Gasteiger charge is -2.14. The first kappa shape index (κ1) is 14.9. The third kappa shape index (κ3) is 3.16. The lowest BCUT2D eigenvalue weighted by molar-refractivity contribution is 0.0693. The van der Waals surface area contributed by atoms with Crippen molar-refractivity contribution < 1.29 is 19.7 Å². The maximum absolute atomic E-state index is 11.3. The Hall–Kier alpha value is -2.49. The Kier molecular flexibility index (Phi) is 4.17. The van der Waals surface area contributed by atoms with Gasteiger partial charge in [-0.3, -0.25) is 0 Å². The second-order valence-corrected chi connectivity index (χ2v) is 5.10. The van der Waals surface area contributed by atoms with Crippen molar-refractivity contribution in [3.05, 3.63) is 58.1 Å².